The predicted molar refractivity (Wildman–Crippen MR) is 79.0 cm³/mol. The lowest BCUT2D eigenvalue weighted by molar-refractivity contribution is -0.144. The van der Waals surface area contributed by atoms with Crippen molar-refractivity contribution < 1.29 is 19.4 Å². The number of benzene rings is 1. The summed E-state index contributed by atoms with van der Waals surface area (Å²) in [5, 5.41) is 8.93. The van der Waals surface area contributed by atoms with Crippen LogP contribution in [0.5, 0.6) is 5.75 Å². The summed E-state index contributed by atoms with van der Waals surface area (Å²) in [6.07, 6.45) is 4.34. The molecule has 0 spiro atoms. The third-order valence-corrected chi connectivity index (χ3v) is 3.69. The molecule has 0 saturated carbocycles. The highest BCUT2D eigenvalue weighted by Crippen LogP contribution is 2.18. The highest BCUT2D eigenvalue weighted by molar-refractivity contribution is 5.92. The number of methoxy groups -OCH3 is 1. The van der Waals surface area contributed by atoms with E-state index in [4.69, 9.17) is 9.84 Å². The van der Waals surface area contributed by atoms with E-state index in [9.17, 15) is 9.59 Å². The summed E-state index contributed by atoms with van der Waals surface area (Å²) >= 11 is 0. The number of nitrogens with zero attached hydrogens (tertiary/aromatic N) is 1. The maximum absolute atomic E-state index is 12.0. The summed E-state index contributed by atoms with van der Waals surface area (Å²) in [6, 6.07) is 7.42. The number of rotatable bonds is 4. The van der Waals surface area contributed by atoms with Gasteiger partial charge in [0.1, 0.15) is 5.75 Å². The average molecular weight is 289 g/mol. The Bertz CT molecular complexity index is 528. The Kier molecular flexibility index (Phi) is 4.98. The first-order valence-corrected chi connectivity index (χ1v) is 6.94. The third-order valence-electron chi connectivity index (χ3n) is 3.69. The van der Waals surface area contributed by atoms with E-state index < -0.39 is 5.97 Å². The second-order valence-electron chi connectivity index (χ2n) is 5.04. The molecule has 0 aliphatic carbocycles. The van der Waals surface area contributed by atoms with Crippen molar-refractivity contribution in [3.05, 3.63) is 35.9 Å². The van der Waals surface area contributed by atoms with Crippen molar-refractivity contribution in [1.29, 1.82) is 0 Å². The summed E-state index contributed by atoms with van der Waals surface area (Å²) in [5.41, 5.74) is 0.921. The molecule has 1 fully saturated rings. The molecule has 5 nitrogen and oxygen atoms in total. The van der Waals surface area contributed by atoms with Gasteiger partial charge in [0.2, 0.25) is 5.91 Å². The van der Waals surface area contributed by atoms with Crippen LogP contribution < -0.4 is 4.74 Å². The zero-order valence-electron chi connectivity index (χ0n) is 12.0. The number of carbonyl (C=O) groups excluding carboxylic acids is 1. The largest absolute Gasteiger partial charge is 0.497 e. The lowest BCUT2D eigenvalue weighted by Gasteiger charge is -2.29. The Hall–Kier alpha value is -2.30. The lowest BCUT2D eigenvalue weighted by Crippen LogP contribution is -2.39. The zero-order chi connectivity index (χ0) is 15.2. The first-order valence-electron chi connectivity index (χ1n) is 6.94. The molecule has 0 bridgehead atoms. The highest BCUT2D eigenvalue weighted by Gasteiger charge is 2.25. The van der Waals surface area contributed by atoms with E-state index in [1.165, 1.54) is 6.08 Å². The number of hydrogen-bond donors (Lipinski definition) is 1. The molecule has 1 heterocycles. The minimum Gasteiger partial charge on any atom is -0.497 e. The van der Waals surface area contributed by atoms with E-state index in [0.29, 0.717) is 25.9 Å². The van der Waals surface area contributed by atoms with Gasteiger partial charge in [0.25, 0.3) is 0 Å². The monoisotopic (exact) mass is 289 g/mol. The van der Waals surface area contributed by atoms with Gasteiger partial charge in [-0.15, -0.1) is 0 Å². The highest BCUT2D eigenvalue weighted by atomic mass is 16.5. The molecule has 1 aliphatic rings. The first-order chi connectivity index (χ1) is 10.1. The minimum atomic E-state index is -0.768. The molecular formula is C16H19NO4. The molecule has 1 saturated heterocycles. The number of piperidine rings is 1. The first kappa shape index (κ1) is 15.1. The standard InChI is InChI=1S/C16H19NO4/c1-21-14-5-2-12(3-6-14)4-7-15(18)17-10-8-13(9-11-17)16(19)20/h2-7,13H,8-11H2,1H3,(H,19,20)/b7-4+. The fourth-order valence-electron chi connectivity index (χ4n) is 2.33. The molecular weight excluding hydrogens is 270 g/mol. The topological polar surface area (TPSA) is 66.8 Å². The van der Waals surface area contributed by atoms with Crippen molar-refractivity contribution in [2.75, 3.05) is 20.2 Å². The van der Waals surface area contributed by atoms with Crippen molar-refractivity contribution in [3.8, 4) is 5.75 Å². The second kappa shape index (κ2) is 6.92. The van der Waals surface area contributed by atoms with Crippen LogP contribution in [0.15, 0.2) is 30.3 Å². The second-order valence-corrected chi connectivity index (χ2v) is 5.04. The van der Waals surface area contributed by atoms with E-state index in [1.807, 2.05) is 24.3 Å². The van der Waals surface area contributed by atoms with Crippen molar-refractivity contribution in [2.45, 2.75) is 12.8 Å². The summed E-state index contributed by atoms with van der Waals surface area (Å²) in [7, 11) is 1.61. The van der Waals surface area contributed by atoms with Gasteiger partial charge in [-0.2, -0.15) is 0 Å². The number of carboxylic acid groups (broad SMARTS) is 1. The summed E-state index contributed by atoms with van der Waals surface area (Å²) in [5.74, 6) is -0.389. The van der Waals surface area contributed by atoms with E-state index >= 15 is 0 Å². The van der Waals surface area contributed by atoms with Crippen LogP contribution in [0, 0.1) is 5.92 Å². The van der Waals surface area contributed by atoms with E-state index in [-0.39, 0.29) is 11.8 Å². The summed E-state index contributed by atoms with van der Waals surface area (Å²) in [6.45, 7) is 1.01. The number of amides is 1. The van der Waals surface area contributed by atoms with Crippen LogP contribution in [0.3, 0.4) is 0 Å². The Balaban J connectivity index is 1.89. The van der Waals surface area contributed by atoms with Crippen molar-refractivity contribution in [2.24, 2.45) is 5.92 Å². The van der Waals surface area contributed by atoms with Crippen LogP contribution in [0.1, 0.15) is 18.4 Å². The smallest absolute Gasteiger partial charge is 0.306 e. The van der Waals surface area contributed by atoms with Gasteiger partial charge in [0, 0.05) is 19.2 Å². The Morgan fingerprint density at radius 2 is 1.86 bits per heavy atom. The predicted octanol–water partition coefficient (Wildman–Crippen LogP) is 2.03. The molecule has 0 aromatic heterocycles. The maximum Gasteiger partial charge on any atom is 0.306 e. The van der Waals surface area contributed by atoms with Gasteiger partial charge >= 0.3 is 5.97 Å². The van der Waals surface area contributed by atoms with E-state index in [1.54, 1.807) is 18.1 Å². The molecule has 112 valence electrons. The lowest BCUT2D eigenvalue weighted by atomic mass is 9.97. The maximum atomic E-state index is 12.0. The SMILES string of the molecule is COc1ccc(/C=C/C(=O)N2CCC(C(=O)O)CC2)cc1. The molecule has 2 rings (SSSR count). The van der Waals surface area contributed by atoms with Crippen LogP contribution in [0.25, 0.3) is 6.08 Å². The number of ether oxygens (including phenoxy) is 1. The summed E-state index contributed by atoms with van der Waals surface area (Å²) in [4.78, 5) is 24.6. The third kappa shape index (κ3) is 4.08. The Morgan fingerprint density at radius 3 is 2.38 bits per heavy atom. The van der Waals surface area contributed by atoms with Gasteiger partial charge in [-0.3, -0.25) is 9.59 Å². The Labute approximate surface area is 123 Å². The molecule has 0 radical (unpaired) electrons. The van der Waals surface area contributed by atoms with Crippen LogP contribution in [-0.2, 0) is 9.59 Å². The van der Waals surface area contributed by atoms with Crippen LogP contribution >= 0.6 is 0 Å². The molecule has 1 N–H and O–H groups in total. The normalized spacial score (nSPS) is 16.1. The van der Waals surface area contributed by atoms with Crippen LogP contribution in [0.4, 0.5) is 0 Å². The van der Waals surface area contributed by atoms with E-state index in [2.05, 4.69) is 0 Å². The zero-order valence-corrected chi connectivity index (χ0v) is 12.0. The Morgan fingerprint density at radius 1 is 1.24 bits per heavy atom. The van der Waals surface area contributed by atoms with Crippen molar-refractivity contribution in [3.63, 3.8) is 0 Å². The number of hydrogen-bond acceptors (Lipinski definition) is 3. The van der Waals surface area contributed by atoms with Gasteiger partial charge in [0.15, 0.2) is 0 Å². The van der Waals surface area contributed by atoms with Gasteiger partial charge < -0.3 is 14.7 Å². The van der Waals surface area contributed by atoms with Crippen molar-refractivity contribution in [1.82, 2.24) is 4.90 Å². The number of carboxylic acids is 1. The molecule has 1 amide bonds. The average Bonchev–Trinajstić information content (AvgIpc) is 2.53. The fourth-order valence-corrected chi connectivity index (χ4v) is 2.33. The van der Waals surface area contributed by atoms with E-state index in [0.717, 1.165) is 11.3 Å². The number of carbonyl (C=O) groups is 2. The number of likely N-dealkylation sites (tertiary alicyclic amines) is 1. The van der Waals surface area contributed by atoms with Gasteiger partial charge in [-0.05, 0) is 36.6 Å². The van der Waals surface area contributed by atoms with Gasteiger partial charge in [-0.1, -0.05) is 12.1 Å². The molecule has 1 aromatic rings. The summed E-state index contributed by atoms with van der Waals surface area (Å²) < 4.78 is 5.07. The molecule has 1 aromatic carbocycles. The number of aliphatic carboxylic acids is 1. The molecule has 5 heteroatoms. The quantitative estimate of drug-likeness (QED) is 0.861. The van der Waals surface area contributed by atoms with Crippen LogP contribution in [-0.4, -0.2) is 42.1 Å². The molecule has 0 atom stereocenters. The van der Waals surface area contributed by atoms with Gasteiger partial charge in [0.05, 0.1) is 13.0 Å². The minimum absolute atomic E-state index is 0.0744. The molecule has 21 heavy (non-hydrogen) atoms. The van der Waals surface area contributed by atoms with Gasteiger partial charge in [-0.25, -0.2) is 0 Å². The van der Waals surface area contributed by atoms with Crippen molar-refractivity contribution >= 4 is 18.0 Å². The molecule has 1 aliphatic heterocycles. The van der Waals surface area contributed by atoms with Crippen LogP contribution in [0.2, 0.25) is 0 Å². The molecule has 0 unspecified atom stereocenters. The fraction of sp³-hybridized carbons (Fsp3) is 0.375.